The Kier molecular flexibility index (Phi) is 12.9. The summed E-state index contributed by atoms with van der Waals surface area (Å²) in [5.41, 5.74) is -0.0367. The number of rotatable bonds is 14. The maximum absolute atomic E-state index is 13.8. The molecule has 0 bridgehead atoms. The van der Waals surface area contributed by atoms with E-state index in [1.54, 1.807) is 7.05 Å². The van der Waals surface area contributed by atoms with Gasteiger partial charge in [0, 0.05) is 13.0 Å². The minimum absolute atomic E-state index is 0.220. The molecule has 0 fully saturated rings. The standard InChI is InChI=1S/C34H50N2O5/c1-9-10-14-26(32(39)41-34(5,6)7)23-25(30(37)36-29(31(38)35-8)33(2,3)4)20-17-24-18-21-28(22-19-24)40-27-15-12-11-13-16-27/h11-13,15-16,18-19,21-22,25-26,29H,9-10,14,17,20,23H2,1-8H3,(H,35,38)(H,36,37)/t25-,26+,29-/m1/s1. The van der Waals surface area contributed by atoms with Gasteiger partial charge in [-0.3, -0.25) is 14.4 Å². The van der Waals surface area contributed by atoms with Crippen molar-refractivity contribution < 1.29 is 23.9 Å². The molecule has 2 N–H and O–H groups in total. The van der Waals surface area contributed by atoms with Gasteiger partial charge in [0.25, 0.3) is 0 Å². The molecule has 41 heavy (non-hydrogen) atoms. The lowest BCUT2D eigenvalue weighted by Gasteiger charge is -2.32. The Hall–Kier alpha value is -3.35. The normalized spacial score (nSPS) is 14.0. The Morgan fingerprint density at radius 2 is 1.41 bits per heavy atom. The number of carbonyl (C=O) groups is 3. The molecule has 0 spiro atoms. The lowest BCUT2D eigenvalue weighted by atomic mass is 9.83. The third-order valence-electron chi connectivity index (χ3n) is 6.93. The summed E-state index contributed by atoms with van der Waals surface area (Å²) in [5, 5.41) is 5.68. The van der Waals surface area contributed by atoms with Crippen LogP contribution >= 0.6 is 0 Å². The molecule has 0 saturated heterocycles. The van der Waals surface area contributed by atoms with E-state index in [4.69, 9.17) is 9.47 Å². The minimum Gasteiger partial charge on any atom is -0.460 e. The Labute approximate surface area is 246 Å². The second-order valence-electron chi connectivity index (χ2n) is 12.8. The quantitative estimate of drug-likeness (QED) is 0.244. The van der Waals surface area contributed by atoms with Gasteiger partial charge in [-0.15, -0.1) is 0 Å². The molecule has 2 rings (SSSR count). The average molecular weight is 567 g/mol. The predicted octanol–water partition coefficient (Wildman–Crippen LogP) is 6.84. The number of esters is 1. The summed E-state index contributed by atoms with van der Waals surface area (Å²) in [6, 6.07) is 16.7. The average Bonchev–Trinajstić information content (AvgIpc) is 2.90. The van der Waals surface area contributed by atoms with Gasteiger partial charge in [0.15, 0.2) is 0 Å². The smallest absolute Gasteiger partial charge is 0.309 e. The van der Waals surface area contributed by atoms with Gasteiger partial charge in [-0.2, -0.15) is 0 Å². The maximum Gasteiger partial charge on any atom is 0.309 e. The number of unbranched alkanes of at least 4 members (excludes halogenated alkanes) is 1. The summed E-state index contributed by atoms with van der Waals surface area (Å²) in [6.07, 6.45) is 3.99. The van der Waals surface area contributed by atoms with Gasteiger partial charge in [-0.1, -0.05) is 70.9 Å². The molecular weight excluding hydrogens is 516 g/mol. The summed E-state index contributed by atoms with van der Waals surface area (Å²) in [7, 11) is 1.57. The highest BCUT2D eigenvalue weighted by Crippen LogP contribution is 2.28. The van der Waals surface area contributed by atoms with Crippen molar-refractivity contribution in [3.63, 3.8) is 0 Å². The molecular formula is C34H50N2O5. The lowest BCUT2D eigenvalue weighted by molar-refractivity contribution is -0.161. The highest BCUT2D eigenvalue weighted by atomic mass is 16.6. The fourth-order valence-corrected chi connectivity index (χ4v) is 4.64. The Morgan fingerprint density at radius 3 is 1.95 bits per heavy atom. The van der Waals surface area contributed by atoms with E-state index in [1.807, 2.05) is 96.1 Å². The zero-order chi connectivity index (χ0) is 30.6. The molecule has 3 atom stereocenters. The van der Waals surface area contributed by atoms with Crippen LogP contribution in [-0.4, -0.2) is 36.5 Å². The summed E-state index contributed by atoms with van der Waals surface area (Å²) < 4.78 is 11.7. The van der Waals surface area contributed by atoms with Gasteiger partial charge < -0.3 is 20.1 Å². The molecule has 7 nitrogen and oxygen atoms in total. The number of aryl methyl sites for hydroxylation is 1. The van der Waals surface area contributed by atoms with Crippen molar-refractivity contribution in [2.24, 2.45) is 17.3 Å². The van der Waals surface area contributed by atoms with Crippen molar-refractivity contribution in [1.82, 2.24) is 10.6 Å². The summed E-state index contributed by atoms with van der Waals surface area (Å²) in [4.78, 5) is 39.6. The molecule has 0 aliphatic carbocycles. The first-order valence-electron chi connectivity index (χ1n) is 14.8. The Morgan fingerprint density at radius 1 is 0.805 bits per heavy atom. The Bertz CT molecular complexity index is 1100. The maximum atomic E-state index is 13.8. The van der Waals surface area contributed by atoms with Crippen LogP contribution in [-0.2, 0) is 25.5 Å². The van der Waals surface area contributed by atoms with E-state index >= 15 is 0 Å². The Balaban J connectivity index is 2.25. The lowest BCUT2D eigenvalue weighted by Crippen LogP contribution is -2.54. The highest BCUT2D eigenvalue weighted by molar-refractivity contribution is 5.89. The number of benzene rings is 2. The van der Waals surface area contributed by atoms with E-state index in [-0.39, 0.29) is 17.8 Å². The largest absolute Gasteiger partial charge is 0.460 e. The second kappa shape index (κ2) is 15.6. The number of nitrogens with one attached hydrogen (secondary N) is 2. The molecule has 0 saturated carbocycles. The van der Waals surface area contributed by atoms with Gasteiger partial charge in [0.05, 0.1) is 5.92 Å². The SMILES string of the molecule is CCCC[C@@H](C[C@@H](CCc1ccc(Oc2ccccc2)cc1)C(=O)N[C@H](C(=O)NC)C(C)(C)C)C(=O)OC(C)(C)C. The van der Waals surface area contributed by atoms with Gasteiger partial charge in [0.2, 0.25) is 11.8 Å². The van der Waals surface area contributed by atoms with E-state index < -0.39 is 28.9 Å². The summed E-state index contributed by atoms with van der Waals surface area (Å²) >= 11 is 0. The molecule has 2 aromatic rings. The van der Waals surface area contributed by atoms with Gasteiger partial charge in [-0.25, -0.2) is 0 Å². The van der Waals surface area contributed by atoms with Crippen LogP contribution in [0, 0.1) is 17.3 Å². The predicted molar refractivity (Wildman–Crippen MR) is 164 cm³/mol. The van der Waals surface area contributed by atoms with Crippen LogP contribution < -0.4 is 15.4 Å². The fraction of sp³-hybridized carbons (Fsp3) is 0.559. The van der Waals surface area contributed by atoms with E-state index in [9.17, 15) is 14.4 Å². The third-order valence-corrected chi connectivity index (χ3v) is 6.93. The van der Waals surface area contributed by atoms with Crippen molar-refractivity contribution in [1.29, 1.82) is 0 Å². The number of amides is 2. The number of para-hydroxylation sites is 1. The van der Waals surface area contributed by atoms with E-state index in [2.05, 4.69) is 17.6 Å². The molecule has 226 valence electrons. The van der Waals surface area contributed by atoms with Crippen LogP contribution in [0.4, 0.5) is 0 Å². The van der Waals surface area contributed by atoms with Crippen molar-refractivity contribution in [2.75, 3.05) is 7.05 Å². The van der Waals surface area contributed by atoms with Crippen LogP contribution in [0.2, 0.25) is 0 Å². The molecule has 7 heteroatoms. The summed E-state index contributed by atoms with van der Waals surface area (Å²) in [6.45, 7) is 13.4. The topological polar surface area (TPSA) is 93.7 Å². The number of likely N-dealkylation sites (N-methyl/N-ethyl adjacent to an activating group) is 1. The van der Waals surface area contributed by atoms with E-state index in [1.165, 1.54) is 0 Å². The van der Waals surface area contributed by atoms with Crippen LogP contribution in [0.5, 0.6) is 11.5 Å². The number of hydrogen-bond acceptors (Lipinski definition) is 5. The fourth-order valence-electron chi connectivity index (χ4n) is 4.64. The van der Waals surface area contributed by atoms with Crippen LogP contribution in [0.3, 0.4) is 0 Å². The molecule has 0 unspecified atom stereocenters. The number of ether oxygens (including phenoxy) is 2. The summed E-state index contributed by atoms with van der Waals surface area (Å²) in [5.74, 6) is -0.112. The van der Waals surface area contributed by atoms with Crippen molar-refractivity contribution in [3.05, 3.63) is 60.2 Å². The van der Waals surface area contributed by atoms with Crippen molar-refractivity contribution in [3.8, 4) is 11.5 Å². The minimum atomic E-state index is -0.701. The molecule has 0 aliphatic rings. The van der Waals surface area contributed by atoms with Gasteiger partial charge >= 0.3 is 5.97 Å². The highest BCUT2D eigenvalue weighted by Gasteiger charge is 2.36. The number of hydrogen-bond donors (Lipinski definition) is 2. The second-order valence-corrected chi connectivity index (χ2v) is 12.8. The molecule has 0 radical (unpaired) electrons. The molecule has 0 heterocycles. The van der Waals surface area contributed by atoms with E-state index in [0.717, 1.165) is 29.9 Å². The molecule has 2 aromatic carbocycles. The first-order valence-corrected chi connectivity index (χ1v) is 14.8. The van der Waals surface area contributed by atoms with Crippen molar-refractivity contribution >= 4 is 17.8 Å². The zero-order valence-electron chi connectivity index (χ0n) is 26.2. The van der Waals surface area contributed by atoms with Crippen LogP contribution in [0.1, 0.15) is 86.1 Å². The van der Waals surface area contributed by atoms with Crippen LogP contribution in [0.25, 0.3) is 0 Å². The first-order chi connectivity index (χ1) is 19.2. The number of carbonyl (C=O) groups excluding carboxylic acids is 3. The molecule has 0 aliphatic heterocycles. The van der Waals surface area contributed by atoms with Gasteiger partial charge in [0.1, 0.15) is 23.1 Å². The third kappa shape index (κ3) is 12.0. The first kappa shape index (κ1) is 33.9. The van der Waals surface area contributed by atoms with Crippen LogP contribution in [0.15, 0.2) is 54.6 Å². The molecule has 2 amide bonds. The monoisotopic (exact) mass is 566 g/mol. The van der Waals surface area contributed by atoms with Crippen molar-refractivity contribution in [2.45, 2.75) is 98.6 Å². The van der Waals surface area contributed by atoms with E-state index in [0.29, 0.717) is 25.7 Å². The molecule has 0 aromatic heterocycles. The zero-order valence-corrected chi connectivity index (χ0v) is 26.2. The van der Waals surface area contributed by atoms with Gasteiger partial charge in [-0.05, 0) is 81.7 Å².